The lowest BCUT2D eigenvalue weighted by molar-refractivity contribution is -0.137. The Balaban J connectivity index is 1.37. The number of amidine groups is 1. The number of hydrogen-bond donors (Lipinski definition) is 1. The number of unbranched alkanes of at least 4 members (excludes halogenated alkanes) is 16. The van der Waals surface area contributed by atoms with Crippen LogP contribution in [0.5, 0.6) is 11.5 Å². The number of hydrogen-bond acceptors (Lipinski definition) is 10. The van der Waals surface area contributed by atoms with Gasteiger partial charge in [0.1, 0.15) is 16.4 Å². The number of sulfonamides is 1. The summed E-state index contributed by atoms with van der Waals surface area (Å²) >= 11 is 1.39. The molecule has 0 bridgehead atoms. The number of amides is 3. The molecule has 3 aromatic rings. The molecule has 0 aromatic heterocycles. The summed E-state index contributed by atoms with van der Waals surface area (Å²) in [4.78, 5) is 50.0. The molecule has 1 saturated heterocycles. The zero-order chi connectivity index (χ0) is 49.1. The number of cyclic esters (lactones) is 1. The molecule has 0 spiro atoms. The molecule has 0 saturated carbocycles. The first kappa shape index (κ1) is 54.4. The van der Waals surface area contributed by atoms with Gasteiger partial charge in [-0.05, 0) is 81.5 Å². The highest BCUT2D eigenvalue weighted by atomic mass is 32.2. The Bertz CT molecular complexity index is 2260. The van der Waals surface area contributed by atoms with Crippen LogP contribution >= 0.6 is 11.8 Å². The lowest BCUT2D eigenvalue weighted by Crippen LogP contribution is -2.59. The molecule has 2 heterocycles. The molecule has 3 aromatic carbocycles. The topological polar surface area (TPSA) is 144 Å². The minimum Gasteiger partial charge on any atom is -0.497 e. The Hall–Kier alpha value is -4.56. The third-order valence-corrected chi connectivity index (χ3v) is 15.9. The molecule has 3 amide bonds. The van der Waals surface area contributed by atoms with E-state index in [0.29, 0.717) is 45.9 Å². The summed E-state index contributed by atoms with van der Waals surface area (Å²) in [5.74, 6) is -0.345. The first-order valence-corrected chi connectivity index (χ1v) is 27.7. The van der Waals surface area contributed by atoms with Crippen LogP contribution in [-0.2, 0) is 24.3 Å². The van der Waals surface area contributed by atoms with E-state index in [9.17, 15) is 18.0 Å². The second-order valence-corrected chi connectivity index (χ2v) is 21.8. The van der Waals surface area contributed by atoms with E-state index in [1.807, 2.05) is 31.2 Å². The monoisotopic (exact) mass is 975 g/mol. The summed E-state index contributed by atoms with van der Waals surface area (Å²) in [5, 5.41) is 2.98. The second kappa shape index (κ2) is 27.0. The molecule has 2 atom stereocenters. The number of rotatable bonds is 31. The quantitative estimate of drug-likeness (QED) is 0.0623. The van der Waals surface area contributed by atoms with E-state index in [4.69, 9.17) is 19.2 Å². The number of benzene rings is 3. The van der Waals surface area contributed by atoms with Crippen molar-refractivity contribution in [2.45, 2.75) is 196 Å². The summed E-state index contributed by atoms with van der Waals surface area (Å²) in [6.07, 6.45) is 21.9. The largest absolute Gasteiger partial charge is 0.497 e. The van der Waals surface area contributed by atoms with Gasteiger partial charge < -0.3 is 19.5 Å². The van der Waals surface area contributed by atoms with E-state index in [2.05, 4.69) is 26.1 Å². The van der Waals surface area contributed by atoms with Crippen molar-refractivity contribution >= 4 is 56.9 Å². The fourth-order valence-corrected chi connectivity index (χ4v) is 11.4. The molecule has 2 unspecified atom stereocenters. The first-order chi connectivity index (χ1) is 32.7. The summed E-state index contributed by atoms with van der Waals surface area (Å²) in [5.41, 5.74) is -0.180. The van der Waals surface area contributed by atoms with Crippen LogP contribution in [0.3, 0.4) is 0 Å². The number of anilines is 1. The molecular weight excluding hydrogens is 897 g/mol. The molecule has 2 aliphatic rings. The second-order valence-electron chi connectivity index (χ2n) is 18.9. The van der Waals surface area contributed by atoms with E-state index >= 15 is 4.79 Å². The highest BCUT2D eigenvalue weighted by Gasteiger charge is 2.55. The van der Waals surface area contributed by atoms with Crippen molar-refractivity contribution in [1.29, 1.82) is 0 Å². The summed E-state index contributed by atoms with van der Waals surface area (Å²) < 4.78 is 47.9. The number of fused-ring (bicyclic) bond motifs is 1. The van der Waals surface area contributed by atoms with Gasteiger partial charge in [0.25, 0.3) is 21.8 Å². The Labute approximate surface area is 411 Å². The normalized spacial score (nSPS) is 16.0. The molecule has 0 aliphatic carbocycles. The van der Waals surface area contributed by atoms with Gasteiger partial charge in [-0.3, -0.25) is 13.9 Å². The smallest absolute Gasteiger partial charge is 0.418 e. The zero-order valence-corrected chi connectivity index (χ0v) is 43.5. The maximum atomic E-state index is 15.1. The maximum Gasteiger partial charge on any atom is 0.418 e. The number of carbonyl (C=O) groups is 3. The minimum absolute atomic E-state index is 0.00801. The number of imide groups is 1. The van der Waals surface area contributed by atoms with Crippen LogP contribution in [0.1, 0.15) is 169 Å². The Kier molecular flexibility index (Phi) is 21.6. The van der Waals surface area contributed by atoms with E-state index in [0.717, 1.165) is 66.1 Å². The van der Waals surface area contributed by atoms with Crippen LogP contribution in [0, 0.1) is 12.8 Å². The number of carbonyl (C=O) groups excluding carboxylic acids is 3. The standard InChI is InChI=1S/C54H78N4O8S2/c1-8-11-13-14-15-16-17-18-19-20-21-22-23-24-25-28-36-57-50(55-43-30-26-27-31-48(43)68(57,62)63)49(58-52(60)54(5,6)66-53(58)61)51(59)56-44-38-42(64-7)33-35-46(44)67-47-37-40(4)32-34-45(47)65-39-41(10-3)29-12-9-2/h26-27,30-35,37-38,41,49H,8-25,28-29,36,39H2,1-7H3,(H,56,59). The number of aryl methyl sites for hydroxylation is 1. The number of para-hydroxylation sites is 1. The number of aliphatic imine (C=N–C) groups is 1. The van der Waals surface area contributed by atoms with Crippen LogP contribution in [0.15, 0.2) is 80.3 Å². The van der Waals surface area contributed by atoms with Gasteiger partial charge in [0, 0.05) is 17.5 Å². The average Bonchev–Trinajstić information content (AvgIpc) is 3.52. The van der Waals surface area contributed by atoms with E-state index in [1.165, 1.54) is 109 Å². The van der Waals surface area contributed by atoms with Gasteiger partial charge in [-0.2, -0.15) is 0 Å². The Morgan fingerprint density at radius 1 is 0.794 bits per heavy atom. The summed E-state index contributed by atoms with van der Waals surface area (Å²) in [7, 11) is -2.77. The predicted octanol–water partition coefficient (Wildman–Crippen LogP) is 13.8. The molecule has 14 heteroatoms. The lowest BCUT2D eigenvalue weighted by Gasteiger charge is -2.35. The van der Waals surface area contributed by atoms with Crippen molar-refractivity contribution in [3.05, 3.63) is 66.2 Å². The molecular formula is C54H78N4O8S2. The van der Waals surface area contributed by atoms with Gasteiger partial charge >= 0.3 is 6.09 Å². The molecule has 0 radical (unpaired) electrons. The van der Waals surface area contributed by atoms with Gasteiger partial charge in [0.15, 0.2) is 17.5 Å². The van der Waals surface area contributed by atoms with E-state index < -0.39 is 39.6 Å². The maximum absolute atomic E-state index is 15.1. The average molecular weight is 975 g/mol. The Morgan fingerprint density at radius 3 is 2.00 bits per heavy atom. The molecule has 1 N–H and O–H groups in total. The van der Waals surface area contributed by atoms with Gasteiger partial charge in [-0.25, -0.2) is 23.1 Å². The van der Waals surface area contributed by atoms with Crippen LogP contribution in [-0.4, -0.2) is 73.3 Å². The lowest BCUT2D eigenvalue weighted by atomic mass is 10.0. The van der Waals surface area contributed by atoms with Crippen LogP contribution in [0.2, 0.25) is 0 Å². The van der Waals surface area contributed by atoms with Crippen LogP contribution in [0.4, 0.5) is 16.2 Å². The van der Waals surface area contributed by atoms with Crippen molar-refractivity contribution in [2.24, 2.45) is 10.9 Å². The number of nitrogens with one attached hydrogen (secondary N) is 1. The molecule has 1 fully saturated rings. The fourth-order valence-electron chi connectivity index (χ4n) is 8.74. The SMILES string of the molecule is CCCCCCCCCCCCCCCCCCN1C(C(C(=O)Nc2cc(OC)ccc2Sc2cc(C)ccc2OCC(CC)CCCC)N2C(=O)OC(C)(C)C2=O)=Nc2ccccc2S1(=O)=O. The van der Waals surface area contributed by atoms with E-state index in [-0.39, 0.29) is 23.0 Å². The van der Waals surface area contributed by atoms with Gasteiger partial charge in [0.05, 0.1) is 30.0 Å². The molecule has 374 valence electrons. The number of ether oxygens (including phenoxy) is 3. The number of methoxy groups -OCH3 is 1. The third-order valence-electron chi connectivity index (χ3n) is 12.9. The van der Waals surface area contributed by atoms with Gasteiger partial charge in [0.2, 0.25) is 0 Å². The van der Waals surface area contributed by atoms with Crippen molar-refractivity contribution in [2.75, 3.05) is 25.6 Å². The molecule has 5 rings (SSSR count). The van der Waals surface area contributed by atoms with Gasteiger partial charge in [-0.15, -0.1) is 0 Å². The Morgan fingerprint density at radius 2 is 1.41 bits per heavy atom. The summed E-state index contributed by atoms with van der Waals surface area (Å²) in [6.45, 7) is 12.1. The third kappa shape index (κ3) is 15.0. The van der Waals surface area contributed by atoms with Crippen molar-refractivity contribution in [3.8, 4) is 11.5 Å². The van der Waals surface area contributed by atoms with E-state index in [1.54, 1.807) is 30.3 Å². The molecule has 68 heavy (non-hydrogen) atoms. The van der Waals surface area contributed by atoms with Crippen molar-refractivity contribution in [3.63, 3.8) is 0 Å². The van der Waals surface area contributed by atoms with Crippen molar-refractivity contribution < 1.29 is 37.0 Å². The van der Waals surface area contributed by atoms with Gasteiger partial charge in [-0.1, -0.05) is 166 Å². The zero-order valence-electron chi connectivity index (χ0n) is 41.9. The summed E-state index contributed by atoms with van der Waals surface area (Å²) in [6, 6.07) is 15.7. The molecule has 2 aliphatic heterocycles. The number of nitrogens with zero attached hydrogens (tertiary/aromatic N) is 3. The first-order valence-electron chi connectivity index (χ1n) is 25.4. The minimum atomic E-state index is -4.29. The highest BCUT2D eigenvalue weighted by Crippen LogP contribution is 2.42. The van der Waals surface area contributed by atoms with Crippen LogP contribution < -0.4 is 14.8 Å². The predicted molar refractivity (Wildman–Crippen MR) is 274 cm³/mol. The fraction of sp³-hybridized carbons (Fsp3) is 0.593. The van der Waals surface area contributed by atoms with Crippen LogP contribution in [0.25, 0.3) is 0 Å². The highest BCUT2D eigenvalue weighted by molar-refractivity contribution is 7.99. The molecule has 12 nitrogen and oxygen atoms in total. The van der Waals surface area contributed by atoms with Crippen molar-refractivity contribution in [1.82, 2.24) is 9.21 Å².